The molecule has 0 fully saturated rings. The van der Waals surface area contributed by atoms with Gasteiger partial charge in [0.1, 0.15) is 0 Å². The lowest BCUT2D eigenvalue weighted by molar-refractivity contribution is 0.636. The average molecular weight is 247 g/mol. The second kappa shape index (κ2) is 4.53. The summed E-state index contributed by atoms with van der Waals surface area (Å²) in [7, 11) is 0. The maximum Gasteiger partial charge on any atom is 0.0827 e. The highest BCUT2D eigenvalue weighted by Gasteiger charge is 2.17. The molecule has 2 aliphatic rings. The van der Waals surface area contributed by atoms with E-state index >= 15 is 0 Å². The van der Waals surface area contributed by atoms with Crippen LogP contribution in [0.1, 0.15) is 24.0 Å². The lowest BCUT2D eigenvalue weighted by atomic mass is 9.89. The van der Waals surface area contributed by atoms with E-state index in [2.05, 4.69) is 22.5 Å². The van der Waals surface area contributed by atoms with Crippen molar-refractivity contribution in [1.82, 2.24) is 5.32 Å². The van der Waals surface area contributed by atoms with Gasteiger partial charge in [0.2, 0.25) is 0 Å². The maximum atomic E-state index is 6.20. The predicted octanol–water partition coefficient (Wildman–Crippen LogP) is 3.06. The summed E-state index contributed by atoms with van der Waals surface area (Å²) in [5.74, 6) is 0. The van der Waals surface area contributed by atoms with Crippen LogP contribution < -0.4 is 5.32 Å². The minimum Gasteiger partial charge on any atom is -0.372 e. The van der Waals surface area contributed by atoms with Crippen molar-refractivity contribution in [3.05, 3.63) is 39.9 Å². The van der Waals surface area contributed by atoms with Gasteiger partial charge in [-0.1, -0.05) is 35.4 Å². The standard InChI is InChI=1S/C14H15ClN2/c15-14-3-1-2-11-6-10(4-5-13(11)14)7-12-8-16-9-17-12/h1-3,6,9,12H,4-5,7-8H2,(H,16,17). The summed E-state index contributed by atoms with van der Waals surface area (Å²) in [6.45, 7) is 0.903. The molecule has 1 aromatic rings. The first-order valence-corrected chi connectivity index (χ1v) is 6.42. The van der Waals surface area contributed by atoms with Gasteiger partial charge >= 0.3 is 0 Å². The SMILES string of the molecule is Clc1cccc2c1CCC(CC1CN=CN1)=C2. The van der Waals surface area contributed by atoms with E-state index in [1.54, 1.807) is 0 Å². The van der Waals surface area contributed by atoms with Crippen molar-refractivity contribution in [1.29, 1.82) is 0 Å². The molecule has 1 atom stereocenters. The summed E-state index contributed by atoms with van der Waals surface area (Å²) >= 11 is 6.20. The van der Waals surface area contributed by atoms with Gasteiger partial charge in [0.25, 0.3) is 0 Å². The van der Waals surface area contributed by atoms with E-state index in [0.717, 1.165) is 30.8 Å². The van der Waals surface area contributed by atoms with E-state index in [1.807, 2.05) is 18.5 Å². The number of aliphatic imine (C=N–C) groups is 1. The van der Waals surface area contributed by atoms with Crippen LogP contribution in [0.15, 0.2) is 28.8 Å². The Hall–Kier alpha value is -1.28. The fraction of sp³-hybridized carbons (Fsp3) is 0.357. The van der Waals surface area contributed by atoms with E-state index in [9.17, 15) is 0 Å². The number of halogens is 1. The molecule has 2 nitrogen and oxygen atoms in total. The molecule has 0 saturated heterocycles. The van der Waals surface area contributed by atoms with Gasteiger partial charge in [-0.15, -0.1) is 0 Å². The molecule has 1 unspecified atom stereocenters. The highest BCUT2D eigenvalue weighted by Crippen LogP contribution is 2.31. The molecular weight excluding hydrogens is 232 g/mol. The first-order valence-electron chi connectivity index (χ1n) is 6.04. The highest BCUT2D eigenvalue weighted by molar-refractivity contribution is 6.31. The molecular formula is C14H15ClN2. The minimum atomic E-state index is 0.488. The largest absolute Gasteiger partial charge is 0.372 e. The lowest BCUT2D eigenvalue weighted by Gasteiger charge is -2.19. The van der Waals surface area contributed by atoms with Crippen molar-refractivity contribution in [2.75, 3.05) is 6.54 Å². The van der Waals surface area contributed by atoms with Gasteiger partial charge in [-0.2, -0.15) is 0 Å². The van der Waals surface area contributed by atoms with Gasteiger partial charge in [0.05, 0.1) is 18.9 Å². The van der Waals surface area contributed by atoms with E-state index in [4.69, 9.17) is 11.6 Å². The number of hydrogen-bond donors (Lipinski definition) is 1. The second-order valence-electron chi connectivity index (χ2n) is 4.67. The molecule has 1 N–H and O–H groups in total. The van der Waals surface area contributed by atoms with E-state index in [1.165, 1.54) is 16.7 Å². The summed E-state index contributed by atoms with van der Waals surface area (Å²) in [5.41, 5.74) is 4.09. The Morgan fingerprint density at radius 2 is 2.29 bits per heavy atom. The molecule has 0 bridgehead atoms. The monoisotopic (exact) mass is 246 g/mol. The summed E-state index contributed by atoms with van der Waals surface area (Å²) in [6, 6.07) is 6.64. The van der Waals surface area contributed by atoms with Gasteiger partial charge < -0.3 is 5.32 Å². The van der Waals surface area contributed by atoms with Crippen LogP contribution in [-0.4, -0.2) is 18.9 Å². The van der Waals surface area contributed by atoms with Crippen LogP contribution >= 0.6 is 11.6 Å². The third-order valence-corrected chi connectivity index (χ3v) is 3.80. The van der Waals surface area contributed by atoms with Crippen LogP contribution in [0.2, 0.25) is 5.02 Å². The summed E-state index contributed by atoms with van der Waals surface area (Å²) < 4.78 is 0. The average Bonchev–Trinajstić information content (AvgIpc) is 2.82. The topological polar surface area (TPSA) is 24.4 Å². The van der Waals surface area contributed by atoms with Crippen LogP contribution in [0, 0.1) is 0 Å². The zero-order chi connectivity index (χ0) is 11.7. The number of nitrogens with zero attached hydrogens (tertiary/aromatic N) is 1. The molecule has 3 heteroatoms. The first kappa shape index (κ1) is 10.8. The van der Waals surface area contributed by atoms with Gasteiger partial charge in [-0.25, -0.2) is 0 Å². The molecule has 0 radical (unpaired) electrons. The molecule has 0 aromatic heterocycles. The first-order chi connectivity index (χ1) is 8.33. The van der Waals surface area contributed by atoms with Crippen LogP contribution in [0.4, 0.5) is 0 Å². The Balaban J connectivity index is 1.80. The zero-order valence-electron chi connectivity index (χ0n) is 9.62. The molecule has 3 rings (SSSR count). The van der Waals surface area contributed by atoms with Crippen LogP contribution in [-0.2, 0) is 6.42 Å². The van der Waals surface area contributed by atoms with Crippen LogP contribution in [0.3, 0.4) is 0 Å². The molecule has 0 saturated carbocycles. The summed E-state index contributed by atoms with van der Waals surface area (Å²) in [5, 5.41) is 4.18. The third-order valence-electron chi connectivity index (χ3n) is 3.45. The molecule has 1 aromatic carbocycles. The van der Waals surface area contributed by atoms with Crippen LogP contribution in [0.25, 0.3) is 6.08 Å². The zero-order valence-corrected chi connectivity index (χ0v) is 10.4. The minimum absolute atomic E-state index is 0.488. The Labute approximate surface area is 106 Å². The smallest absolute Gasteiger partial charge is 0.0827 e. The molecule has 1 aliphatic carbocycles. The number of nitrogens with one attached hydrogen (secondary N) is 1. The summed E-state index contributed by atoms with van der Waals surface area (Å²) in [6.07, 6.45) is 7.39. The Morgan fingerprint density at radius 3 is 3.12 bits per heavy atom. The molecule has 17 heavy (non-hydrogen) atoms. The molecule has 0 amide bonds. The van der Waals surface area contributed by atoms with Crippen molar-refractivity contribution in [2.45, 2.75) is 25.3 Å². The van der Waals surface area contributed by atoms with E-state index in [-0.39, 0.29) is 0 Å². The van der Waals surface area contributed by atoms with Crippen molar-refractivity contribution in [3.63, 3.8) is 0 Å². The van der Waals surface area contributed by atoms with E-state index < -0.39 is 0 Å². The Kier molecular flexibility index (Phi) is 2.89. The third kappa shape index (κ3) is 2.22. The molecule has 0 spiro atoms. The van der Waals surface area contributed by atoms with Crippen molar-refractivity contribution in [3.8, 4) is 0 Å². The van der Waals surface area contributed by atoms with Gasteiger partial charge in [0, 0.05) is 5.02 Å². The van der Waals surface area contributed by atoms with Gasteiger partial charge in [-0.3, -0.25) is 4.99 Å². The number of rotatable bonds is 2. The molecule has 88 valence electrons. The number of fused-ring (bicyclic) bond motifs is 1. The molecule has 1 heterocycles. The molecule has 1 aliphatic heterocycles. The van der Waals surface area contributed by atoms with E-state index in [0.29, 0.717) is 6.04 Å². The number of hydrogen-bond acceptors (Lipinski definition) is 2. The summed E-state index contributed by atoms with van der Waals surface area (Å²) in [4.78, 5) is 4.20. The normalized spacial score (nSPS) is 21.9. The van der Waals surface area contributed by atoms with Crippen molar-refractivity contribution < 1.29 is 0 Å². The Bertz CT molecular complexity index is 483. The highest BCUT2D eigenvalue weighted by atomic mass is 35.5. The quantitative estimate of drug-likeness (QED) is 0.852. The van der Waals surface area contributed by atoms with Gasteiger partial charge in [-0.05, 0) is 36.5 Å². The van der Waals surface area contributed by atoms with Crippen molar-refractivity contribution in [2.24, 2.45) is 4.99 Å². The second-order valence-corrected chi connectivity index (χ2v) is 5.08. The fourth-order valence-corrected chi connectivity index (χ4v) is 2.82. The van der Waals surface area contributed by atoms with Gasteiger partial charge in [0.15, 0.2) is 0 Å². The van der Waals surface area contributed by atoms with Crippen molar-refractivity contribution >= 4 is 24.0 Å². The number of benzene rings is 1. The predicted molar refractivity (Wildman–Crippen MR) is 72.6 cm³/mol. The fourth-order valence-electron chi connectivity index (χ4n) is 2.54. The Morgan fingerprint density at radius 1 is 1.35 bits per heavy atom. The van der Waals surface area contributed by atoms with Crippen LogP contribution in [0.5, 0.6) is 0 Å². The maximum absolute atomic E-state index is 6.20. The lowest BCUT2D eigenvalue weighted by Crippen LogP contribution is -2.25.